The van der Waals surface area contributed by atoms with Crippen molar-refractivity contribution in [2.75, 3.05) is 4.90 Å². The van der Waals surface area contributed by atoms with Crippen LogP contribution in [0.1, 0.15) is 21.8 Å². The lowest BCUT2D eigenvalue weighted by molar-refractivity contribution is 0.0960. The number of nitrogens with zero attached hydrogens (tertiary/aromatic N) is 3. The molecule has 1 amide bonds. The summed E-state index contributed by atoms with van der Waals surface area (Å²) in [4.78, 5) is 24.2. The zero-order valence-corrected chi connectivity index (χ0v) is 17.6. The van der Waals surface area contributed by atoms with Crippen molar-refractivity contribution in [3.05, 3.63) is 88.9 Å². The minimum Gasteiger partial charge on any atom is -0.451 e. The summed E-state index contributed by atoms with van der Waals surface area (Å²) in [6.07, 6.45) is 1.71. The smallest absolute Gasteiger partial charge is 0.296 e. The van der Waals surface area contributed by atoms with Gasteiger partial charge in [-0.05, 0) is 42.8 Å². The number of rotatable bonds is 4. The first-order chi connectivity index (χ1) is 14.6. The highest BCUT2D eigenvalue weighted by atomic mass is 35.5. The van der Waals surface area contributed by atoms with Crippen LogP contribution in [-0.2, 0) is 6.54 Å². The van der Waals surface area contributed by atoms with Crippen LogP contribution in [0.4, 0.5) is 5.13 Å². The van der Waals surface area contributed by atoms with E-state index < -0.39 is 0 Å². The Morgan fingerprint density at radius 2 is 1.97 bits per heavy atom. The second-order valence-electron chi connectivity index (χ2n) is 6.90. The molecule has 0 saturated heterocycles. The van der Waals surface area contributed by atoms with Gasteiger partial charge in [0.1, 0.15) is 5.58 Å². The van der Waals surface area contributed by atoms with Gasteiger partial charge < -0.3 is 4.42 Å². The Balaban J connectivity index is 1.62. The Labute approximate surface area is 181 Å². The maximum Gasteiger partial charge on any atom is 0.296 e. The highest BCUT2D eigenvalue weighted by Gasteiger charge is 2.26. The molecule has 0 radical (unpaired) electrons. The normalized spacial score (nSPS) is 11.3. The Kier molecular flexibility index (Phi) is 4.73. The van der Waals surface area contributed by atoms with E-state index in [1.807, 2.05) is 61.5 Å². The molecule has 5 aromatic rings. The van der Waals surface area contributed by atoms with E-state index >= 15 is 0 Å². The monoisotopic (exact) mass is 433 g/mol. The van der Waals surface area contributed by atoms with Crippen LogP contribution in [0.25, 0.3) is 21.2 Å². The van der Waals surface area contributed by atoms with Gasteiger partial charge in [-0.15, -0.1) is 0 Å². The minimum atomic E-state index is -0.273. The molecular formula is C23H16ClN3O2S. The molecule has 3 heterocycles. The Morgan fingerprint density at radius 1 is 1.13 bits per heavy atom. The number of hydrogen-bond acceptors (Lipinski definition) is 5. The van der Waals surface area contributed by atoms with Gasteiger partial charge in [0.2, 0.25) is 0 Å². The number of para-hydroxylation sites is 1. The number of aryl methyl sites for hydroxylation is 1. The summed E-state index contributed by atoms with van der Waals surface area (Å²) in [6, 6.07) is 18.7. The molecule has 0 unspecified atom stereocenters. The highest BCUT2D eigenvalue weighted by molar-refractivity contribution is 7.23. The van der Waals surface area contributed by atoms with Gasteiger partial charge in [0, 0.05) is 11.6 Å². The first kappa shape index (κ1) is 18.8. The topological polar surface area (TPSA) is 59.2 Å². The molecule has 5 rings (SSSR count). The first-order valence-electron chi connectivity index (χ1n) is 9.36. The number of anilines is 1. The summed E-state index contributed by atoms with van der Waals surface area (Å²) in [7, 11) is 0. The molecule has 0 N–H and O–H groups in total. The minimum absolute atomic E-state index is 0.259. The fourth-order valence-electron chi connectivity index (χ4n) is 3.31. The quantitative estimate of drug-likeness (QED) is 0.336. The summed E-state index contributed by atoms with van der Waals surface area (Å²) >= 11 is 7.78. The first-order valence-corrected chi connectivity index (χ1v) is 10.6. The molecule has 30 heavy (non-hydrogen) atoms. The molecule has 2 aromatic carbocycles. The maximum atomic E-state index is 13.5. The standard InChI is InChI=1S/C23H16ClN3O2S/c1-14-9-10-17(24)21-20(14)26-23(30-21)27(13-16-7-4-5-11-25-16)22(28)19-12-15-6-2-3-8-18(15)29-19/h2-12H,13H2,1H3. The van der Waals surface area contributed by atoms with Crippen molar-refractivity contribution in [3.8, 4) is 0 Å². The van der Waals surface area contributed by atoms with Gasteiger partial charge in [0.15, 0.2) is 10.9 Å². The molecule has 0 saturated carbocycles. The zero-order valence-electron chi connectivity index (χ0n) is 16.0. The van der Waals surface area contributed by atoms with E-state index in [0.717, 1.165) is 26.9 Å². The number of fused-ring (bicyclic) bond motifs is 2. The van der Waals surface area contributed by atoms with Gasteiger partial charge >= 0.3 is 0 Å². The summed E-state index contributed by atoms with van der Waals surface area (Å²) in [6.45, 7) is 2.25. The molecule has 0 bridgehead atoms. The molecule has 148 valence electrons. The number of pyridine rings is 1. The van der Waals surface area contributed by atoms with Crippen LogP contribution in [0.5, 0.6) is 0 Å². The van der Waals surface area contributed by atoms with Crippen molar-refractivity contribution < 1.29 is 9.21 Å². The second-order valence-corrected chi connectivity index (χ2v) is 8.28. The van der Waals surface area contributed by atoms with Gasteiger partial charge in [-0.25, -0.2) is 4.98 Å². The fourth-order valence-corrected chi connectivity index (χ4v) is 4.62. The van der Waals surface area contributed by atoms with Crippen LogP contribution < -0.4 is 4.90 Å². The highest BCUT2D eigenvalue weighted by Crippen LogP contribution is 2.37. The van der Waals surface area contributed by atoms with E-state index in [9.17, 15) is 4.79 Å². The number of carbonyl (C=O) groups is 1. The van der Waals surface area contributed by atoms with E-state index in [0.29, 0.717) is 15.7 Å². The number of carbonyl (C=O) groups excluding carboxylic acids is 1. The van der Waals surface area contributed by atoms with Crippen molar-refractivity contribution in [3.63, 3.8) is 0 Å². The lowest BCUT2D eigenvalue weighted by Crippen LogP contribution is -2.30. The van der Waals surface area contributed by atoms with Crippen LogP contribution in [0.15, 0.2) is 71.3 Å². The molecule has 0 aliphatic rings. The molecule has 0 aliphatic carbocycles. The van der Waals surface area contributed by atoms with Gasteiger partial charge in [-0.1, -0.05) is 53.3 Å². The van der Waals surface area contributed by atoms with Crippen LogP contribution in [0.3, 0.4) is 0 Å². The summed E-state index contributed by atoms with van der Waals surface area (Å²) in [5.74, 6) is -0.0149. The maximum absolute atomic E-state index is 13.5. The number of benzene rings is 2. The molecule has 0 aliphatic heterocycles. The lowest BCUT2D eigenvalue weighted by atomic mass is 10.2. The van der Waals surface area contributed by atoms with Crippen molar-refractivity contribution in [2.24, 2.45) is 0 Å². The van der Waals surface area contributed by atoms with Crippen molar-refractivity contribution in [1.29, 1.82) is 0 Å². The van der Waals surface area contributed by atoms with E-state index in [2.05, 4.69) is 4.98 Å². The van der Waals surface area contributed by atoms with Crippen LogP contribution in [0.2, 0.25) is 5.02 Å². The number of hydrogen-bond donors (Lipinski definition) is 0. The number of halogens is 1. The lowest BCUT2D eigenvalue weighted by Gasteiger charge is -2.18. The third kappa shape index (κ3) is 3.34. The molecule has 0 spiro atoms. The fraction of sp³-hybridized carbons (Fsp3) is 0.0870. The second kappa shape index (κ2) is 7.55. The van der Waals surface area contributed by atoms with Gasteiger partial charge in [0.05, 0.1) is 27.5 Å². The molecule has 3 aromatic heterocycles. The Morgan fingerprint density at radius 3 is 2.73 bits per heavy atom. The number of furan rings is 1. The van der Waals surface area contributed by atoms with E-state index in [4.69, 9.17) is 21.0 Å². The molecule has 0 fully saturated rings. The summed E-state index contributed by atoms with van der Waals surface area (Å²) in [5, 5.41) is 2.05. The van der Waals surface area contributed by atoms with Crippen LogP contribution in [-0.4, -0.2) is 15.9 Å². The van der Waals surface area contributed by atoms with Gasteiger partial charge in [0.25, 0.3) is 5.91 Å². The zero-order chi connectivity index (χ0) is 20.7. The van der Waals surface area contributed by atoms with E-state index in [1.165, 1.54) is 11.3 Å². The van der Waals surface area contributed by atoms with Gasteiger partial charge in [-0.3, -0.25) is 14.7 Å². The number of amides is 1. The van der Waals surface area contributed by atoms with Crippen molar-refractivity contribution in [2.45, 2.75) is 13.5 Å². The number of aromatic nitrogens is 2. The molecule has 0 atom stereocenters. The predicted molar refractivity (Wildman–Crippen MR) is 120 cm³/mol. The molecule has 5 nitrogen and oxygen atoms in total. The number of thiazole rings is 1. The SMILES string of the molecule is Cc1ccc(Cl)c2sc(N(Cc3ccccn3)C(=O)c3cc4ccccc4o3)nc12. The van der Waals surface area contributed by atoms with E-state index in [1.54, 1.807) is 17.2 Å². The largest absolute Gasteiger partial charge is 0.451 e. The Hall–Kier alpha value is -3.22. The predicted octanol–water partition coefficient (Wildman–Crippen LogP) is 6.25. The van der Waals surface area contributed by atoms with Crippen molar-refractivity contribution in [1.82, 2.24) is 9.97 Å². The van der Waals surface area contributed by atoms with Crippen LogP contribution in [0, 0.1) is 6.92 Å². The summed E-state index contributed by atoms with van der Waals surface area (Å²) in [5.41, 5.74) is 3.22. The van der Waals surface area contributed by atoms with E-state index in [-0.39, 0.29) is 18.2 Å². The average molecular weight is 434 g/mol. The van der Waals surface area contributed by atoms with Gasteiger partial charge in [-0.2, -0.15) is 0 Å². The van der Waals surface area contributed by atoms with Crippen molar-refractivity contribution >= 4 is 55.2 Å². The Bertz CT molecular complexity index is 1310. The molecule has 7 heteroatoms. The van der Waals surface area contributed by atoms with Crippen LogP contribution >= 0.6 is 22.9 Å². The third-order valence-corrected chi connectivity index (χ3v) is 6.38. The average Bonchev–Trinajstić information content (AvgIpc) is 3.40. The summed E-state index contributed by atoms with van der Waals surface area (Å²) < 4.78 is 6.69. The molecular weight excluding hydrogens is 418 g/mol. The third-order valence-electron chi connectivity index (χ3n) is 4.84.